The Kier molecular flexibility index (Phi) is 5.86. The van der Waals surface area contributed by atoms with Crippen LogP contribution in [0.1, 0.15) is 36.0 Å². The van der Waals surface area contributed by atoms with Crippen molar-refractivity contribution in [2.24, 2.45) is 0 Å². The smallest absolute Gasteiger partial charge is 0.304 e. The Morgan fingerprint density at radius 1 is 1.14 bits per heavy atom. The van der Waals surface area contributed by atoms with Crippen LogP contribution in [0, 0.1) is 0 Å². The van der Waals surface area contributed by atoms with Crippen molar-refractivity contribution in [2.45, 2.75) is 24.7 Å². The fourth-order valence-corrected chi connectivity index (χ4v) is 4.74. The van der Waals surface area contributed by atoms with Crippen LogP contribution < -0.4 is 4.74 Å². The number of hydrogen-bond donors (Lipinski definition) is 1. The van der Waals surface area contributed by atoms with Gasteiger partial charge in [0.15, 0.2) is 0 Å². The lowest BCUT2D eigenvalue weighted by Gasteiger charge is -2.38. The number of hydrogen-bond acceptors (Lipinski definition) is 3. The van der Waals surface area contributed by atoms with Gasteiger partial charge in [-0.15, -0.1) is 0 Å². The fourth-order valence-electron chi connectivity index (χ4n) is 4.22. The van der Waals surface area contributed by atoms with Crippen molar-refractivity contribution in [1.29, 1.82) is 0 Å². The average molecular weight is 432 g/mol. The molecule has 0 radical (unpaired) electrons. The topological polar surface area (TPSA) is 49.8 Å². The first-order chi connectivity index (χ1) is 14.0. The molecular formula is C23H23Cl2NO3. The second-order valence-corrected chi connectivity index (χ2v) is 8.59. The number of benzene rings is 2. The molecule has 1 saturated heterocycles. The summed E-state index contributed by atoms with van der Waals surface area (Å²) < 4.78 is 6.07. The van der Waals surface area contributed by atoms with E-state index in [1.54, 1.807) is 0 Å². The second kappa shape index (κ2) is 8.39. The maximum atomic E-state index is 10.8. The molecule has 4 nitrogen and oxygen atoms in total. The molecule has 0 aliphatic carbocycles. The normalized spacial score (nSPS) is 18.1. The summed E-state index contributed by atoms with van der Waals surface area (Å²) in [5.74, 6) is 0.204. The van der Waals surface area contributed by atoms with Crippen LogP contribution in [-0.4, -0.2) is 42.2 Å². The number of fused-ring (bicyclic) bond motifs is 2. The molecule has 0 atom stereocenters. The minimum atomic E-state index is -0.738. The molecule has 6 heteroatoms. The largest absolute Gasteiger partial charge is 0.492 e. The predicted octanol–water partition coefficient (Wildman–Crippen LogP) is 5.36. The van der Waals surface area contributed by atoms with E-state index >= 15 is 0 Å². The summed E-state index contributed by atoms with van der Waals surface area (Å²) >= 11 is 12.5. The van der Waals surface area contributed by atoms with Crippen molar-refractivity contribution in [3.63, 3.8) is 0 Å². The summed E-state index contributed by atoms with van der Waals surface area (Å²) in [6.07, 6.45) is 6.10. The third-order valence-corrected chi connectivity index (χ3v) is 6.64. The van der Waals surface area contributed by atoms with Crippen LogP contribution in [-0.2, 0) is 10.2 Å². The molecule has 0 saturated carbocycles. The van der Waals surface area contributed by atoms with Crippen LogP contribution in [0.3, 0.4) is 0 Å². The van der Waals surface area contributed by atoms with E-state index < -0.39 is 5.97 Å². The third kappa shape index (κ3) is 4.30. The molecule has 0 aromatic heterocycles. The standard InChI is InChI=1S/C23H23Cl2NO3/c24-19-2-1-3-20(25)17(19)6-4-16-5-7-18-21(14-16)29-15-23(18)9-12-26(13-10-23)11-8-22(27)28/h1-7,14H,8-13,15H2,(H,27,28)/b6-4+. The van der Waals surface area contributed by atoms with Gasteiger partial charge >= 0.3 is 5.97 Å². The number of halogens is 2. The van der Waals surface area contributed by atoms with Crippen LogP contribution in [0.4, 0.5) is 0 Å². The van der Waals surface area contributed by atoms with Crippen molar-refractivity contribution in [3.05, 3.63) is 63.1 Å². The molecule has 1 spiro atoms. The van der Waals surface area contributed by atoms with E-state index in [2.05, 4.69) is 23.1 Å². The first-order valence-corrected chi connectivity index (χ1v) is 10.6. The summed E-state index contributed by atoms with van der Waals surface area (Å²) in [7, 11) is 0. The zero-order chi connectivity index (χ0) is 20.4. The number of nitrogens with zero attached hydrogens (tertiary/aromatic N) is 1. The Morgan fingerprint density at radius 2 is 1.86 bits per heavy atom. The van der Waals surface area contributed by atoms with Gasteiger partial charge in [0.2, 0.25) is 0 Å². The SMILES string of the molecule is O=C(O)CCN1CCC2(CC1)COc1cc(/C=C/c3c(Cl)cccc3Cl)ccc12. The first kappa shape index (κ1) is 20.3. The highest BCUT2D eigenvalue weighted by Gasteiger charge is 2.42. The molecule has 4 rings (SSSR count). The van der Waals surface area contributed by atoms with Crippen molar-refractivity contribution >= 4 is 41.3 Å². The van der Waals surface area contributed by atoms with E-state index in [0.29, 0.717) is 23.2 Å². The maximum Gasteiger partial charge on any atom is 0.304 e. The van der Waals surface area contributed by atoms with Crippen LogP contribution in [0.2, 0.25) is 10.0 Å². The van der Waals surface area contributed by atoms with Crippen LogP contribution >= 0.6 is 23.2 Å². The molecule has 0 unspecified atom stereocenters. The Balaban J connectivity index is 1.47. The summed E-state index contributed by atoms with van der Waals surface area (Å²) in [6, 6.07) is 11.8. The highest BCUT2D eigenvalue weighted by molar-refractivity contribution is 6.37. The van der Waals surface area contributed by atoms with Gasteiger partial charge in [0.1, 0.15) is 5.75 Å². The van der Waals surface area contributed by atoms with Crippen LogP contribution in [0.5, 0.6) is 5.75 Å². The highest BCUT2D eigenvalue weighted by Crippen LogP contribution is 2.46. The number of rotatable bonds is 5. The van der Waals surface area contributed by atoms with E-state index in [1.807, 2.05) is 30.4 Å². The number of likely N-dealkylation sites (tertiary alicyclic amines) is 1. The van der Waals surface area contributed by atoms with Gasteiger partial charge in [-0.2, -0.15) is 0 Å². The fraction of sp³-hybridized carbons (Fsp3) is 0.348. The third-order valence-electron chi connectivity index (χ3n) is 5.98. The predicted molar refractivity (Wildman–Crippen MR) is 117 cm³/mol. The first-order valence-electron chi connectivity index (χ1n) is 9.80. The zero-order valence-corrected chi connectivity index (χ0v) is 17.5. The molecule has 152 valence electrons. The van der Waals surface area contributed by atoms with E-state index in [0.717, 1.165) is 42.8 Å². The minimum Gasteiger partial charge on any atom is -0.492 e. The number of carboxylic acids is 1. The molecule has 2 aliphatic heterocycles. The highest BCUT2D eigenvalue weighted by atomic mass is 35.5. The van der Waals surface area contributed by atoms with Crippen LogP contribution in [0.15, 0.2) is 36.4 Å². The van der Waals surface area contributed by atoms with Gasteiger partial charge < -0.3 is 14.7 Å². The van der Waals surface area contributed by atoms with E-state index in [-0.39, 0.29) is 11.8 Å². The number of piperidine rings is 1. The summed E-state index contributed by atoms with van der Waals surface area (Å²) in [5.41, 5.74) is 3.16. The van der Waals surface area contributed by atoms with E-state index in [1.165, 1.54) is 5.56 Å². The number of carboxylic acid groups (broad SMARTS) is 1. The van der Waals surface area contributed by atoms with Crippen LogP contribution in [0.25, 0.3) is 12.2 Å². The number of aliphatic carboxylic acids is 1. The second-order valence-electron chi connectivity index (χ2n) is 7.78. The van der Waals surface area contributed by atoms with Crippen molar-refractivity contribution < 1.29 is 14.6 Å². The molecule has 0 amide bonds. The number of carbonyl (C=O) groups is 1. The molecule has 1 N–H and O–H groups in total. The molecule has 2 aromatic carbocycles. The van der Waals surface area contributed by atoms with Gasteiger partial charge in [-0.1, -0.05) is 53.6 Å². The molecule has 2 aromatic rings. The van der Waals surface area contributed by atoms with Gasteiger partial charge in [-0.3, -0.25) is 4.79 Å². The van der Waals surface area contributed by atoms with Gasteiger partial charge in [0.25, 0.3) is 0 Å². The molecule has 2 heterocycles. The molecule has 29 heavy (non-hydrogen) atoms. The van der Waals surface area contributed by atoms with E-state index in [4.69, 9.17) is 33.0 Å². The molecule has 1 fully saturated rings. The van der Waals surface area contributed by atoms with E-state index in [9.17, 15) is 4.79 Å². The number of ether oxygens (including phenoxy) is 1. The minimum absolute atomic E-state index is 0.0450. The lowest BCUT2D eigenvalue weighted by atomic mass is 9.74. The van der Waals surface area contributed by atoms with Gasteiger partial charge in [0.05, 0.1) is 13.0 Å². The lowest BCUT2D eigenvalue weighted by Crippen LogP contribution is -2.44. The monoisotopic (exact) mass is 431 g/mol. The summed E-state index contributed by atoms with van der Waals surface area (Å²) in [6.45, 7) is 3.12. The molecule has 0 bridgehead atoms. The van der Waals surface area contributed by atoms with Gasteiger partial charge in [-0.25, -0.2) is 0 Å². The van der Waals surface area contributed by atoms with Crippen molar-refractivity contribution in [3.8, 4) is 5.75 Å². The summed E-state index contributed by atoms with van der Waals surface area (Å²) in [4.78, 5) is 13.0. The zero-order valence-electron chi connectivity index (χ0n) is 16.0. The van der Waals surface area contributed by atoms with Crippen molar-refractivity contribution in [2.75, 3.05) is 26.2 Å². The Hall–Kier alpha value is -2.01. The maximum absolute atomic E-state index is 10.8. The van der Waals surface area contributed by atoms with Gasteiger partial charge in [-0.05, 0) is 49.7 Å². The lowest BCUT2D eigenvalue weighted by molar-refractivity contribution is -0.137. The molecule has 2 aliphatic rings. The van der Waals surface area contributed by atoms with Crippen molar-refractivity contribution in [1.82, 2.24) is 4.90 Å². The Morgan fingerprint density at radius 3 is 2.55 bits per heavy atom. The quantitative estimate of drug-likeness (QED) is 0.646. The average Bonchev–Trinajstić information content (AvgIpc) is 3.05. The van der Waals surface area contributed by atoms with Gasteiger partial charge in [0, 0.05) is 33.1 Å². The molecular weight excluding hydrogens is 409 g/mol. The Labute approximate surface area is 180 Å². The summed E-state index contributed by atoms with van der Waals surface area (Å²) in [5, 5.41) is 10.1. The Bertz CT molecular complexity index is 929.